The van der Waals surface area contributed by atoms with Gasteiger partial charge in [0.05, 0.1) is 11.4 Å². The standard InChI is InChI=1S/C78H75B2N/c1-75(2,3)57-28-40-63(41-29-57)79(64-42-30-58(31-43-64)76(4,5)6)61-36-23-52(24-37-61)54-21-22-56-50-71-68-48-27-55(51-73(68)81(67-17-14-13-15-18-67)72-20-16-19-69(74(71)72)70(56)49-54)53-25-38-62(39-26-53)80(65-44-32-59(33-45-65)77(7,8)9)66-46-34-60(35-47-66)78(10,11)12/h13-51H,1-12H3. The normalized spacial score (nSPS) is 12.7. The van der Waals surface area contributed by atoms with E-state index in [1.807, 2.05) is 0 Å². The summed E-state index contributed by atoms with van der Waals surface area (Å²) in [7, 11) is 0. The van der Waals surface area contributed by atoms with Gasteiger partial charge in [-0.15, -0.1) is 0 Å². The molecule has 0 saturated heterocycles. The van der Waals surface area contributed by atoms with Gasteiger partial charge in [-0.25, -0.2) is 0 Å². The van der Waals surface area contributed by atoms with Crippen molar-refractivity contribution in [3.05, 3.63) is 259 Å². The van der Waals surface area contributed by atoms with E-state index in [1.54, 1.807) is 0 Å². The molecule has 12 rings (SSSR count). The van der Waals surface area contributed by atoms with Crippen molar-refractivity contribution in [2.24, 2.45) is 0 Å². The number of nitrogens with zero attached hydrogens (tertiary/aromatic N) is 1. The summed E-state index contributed by atoms with van der Waals surface area (Å²) < 4.78 is 0. The van der Waals surface area contributed by atoms with Gasteiger partial charge in [-0.05, 0) is 124 Å². The van der Waals surface area contributed by atoms with E-state index in [-0.39, 0.29) is 35.1 Å². The topological polar surface area (TPSA) is 3.24 Å². The Morgan fingerprint density at radius 2 is 0.642 bits per heavy atom. The molecule has 0 atom stereocenters. The number of para-hydroxylation sites is 1. The molecule has 0 aliphatic carbocycles. The smallest absolute Gasteiger partial charge is 0.241 e. The fourth-order valence-electron chi connectivity index (χ4n) is 12.5. The Bertz CT molecular complexity index is 3960. The van der Waals surface area contributed by atoms with Gasteiger partial charge < -0.3 is 4.90 Å². The SMILES string of the molecule is CC(C)(C)c1ccc(B(c2ccc(-c3ccc4c(c3)N(c3ccccc3)c3cccc5c3c-4cc3ccc(-c4ccc(B(c6ccc(C(C)(C)C)cc6)c6ccc(C(C)(C)C)cc6)cc4)cc35)cc2)c2ccc(C(C)(C)C)cc2)cc1. The highest BCUT2D eigenvalue weighted by Gasteiger charge is 2.30. The third-order valence-electron chi connectivity index (χ3n) is 17.3. The molecular formula is C78H75B2N. The first-order valence-corrected chi connectivity index (χ1v) is 29.3. The zero-order valence-electron chi connectivity index (χ0n) is 49.6. The van der Waals surface area contributed by atoms with E-state index in [0.717, 1.165) is 5.69 Å². The lowest BCUT2D eigenvalue weighted by Gasteiger charge is -2.34. The zero-order valence-corrected chi connectivity index (χ0v) is 49.6. The summed E-state index contributed by atoms with van der Waals surface area (Å²) in [5.41, 5.74) is 24.4. The number of fused-ring (bicyclic) bond motifs is 4. The largest absolute Gasteiger partial charge is 0.309 e. The lowest BCUT2D eigenvalue weighted by molar-refractivity contribution is 0.590. The van der Waals surface area contributed by atoms with E-state index in [4.69, 9.17) is 0 Å². The summed E-state index contributed by atoms with van der Waals surface area (Å²) in [6.07, 6.45) is 0. The Balaban J connectivity index is 0.908. The van der Waals surface area contributed by atoms with Crippen molar-refractivity contribution >= 4 is 84.8 Å². The molecule has 0 radical (unpaired) electrons. The number of anilines is 3. The second-order valence-corrected chi connectivity index (χ2v) is 27.1. The van der Waals surface area contributed by atoms with Crippen molar-refractivity contribution in [2.45, 2.75) is 105 Å². The summed E-state index contributed by atoms with van der Waals surface area (Å²) >= 11 is 0. The maximum Gasteiger partial charge on any atom is 0.241 e. The van der Waals surface area contributed by atoms with Crippen molar-refractivity contribution in [1.29, 1.82) is 0 Å². The molecule has 0 fully saturated rings. The molecule has 0 spiro atoms. The Morgan fingerprint density at radius 3 is 1.05 bits per heavy atom. The molecule has 0 unspecified atom stereocenters. The minimum absolute atomic E-state index is 0.0868. The minimum atomic E-state index is 0.0868. The number of rotatable bonds is 9. The van der Waals surface area contributed by atoms with Crippen LogP contribution in [0.2, 0.25) is 0 Å². The van der Waals surface area contributed by atoms with Crippen LogP contribution in [0, 0.1) is 0 Å². The Hall–Kier alpha value is -8.13. The predicted molar refractivity (Wildman–Crippen MR) is 356 cm³/mol. The average molecular weight is 1050 g/mol. The summed E-state index contributed by atoms with van der Waals surface area (Å²) in [4.78, 5) is 2.49. The zero-order chi connectivity index (χ0) is 56.6. The van der Waals surface area contributed by atoms with Gasteiger partial charge in [0.1, 0.15) is 0 Å². The van der Waals surface area contributed by atoms with Gasteiger partial charge in [0, 0.05) is 16.6 Å². The highest BCUT2D eigenvalue weighted by molar-refractivity contribution is 6.96. The highest BCUT2D eigenvalue weighted by atomic mass is 15.2. The third kappa shape index (κ3) is 10.4. The molecule has 81 heavy (non-hydrogen) atoms. The van der Waals surface area contributed by atoms with Gasteiger partial charge in [0.25, 0.3) is 0 Å². The van der Waals surface area contributed by atoms with E-state index in [0.29, 0.717) is 0 Å². The molecular weight excluding hydrogens is 972 g/mol. The number of hydrogen-bond acceptors (Lipinski definition) is 1. The quantitative estimate of drug-likeness (QED) is 0.103. The average Bonchev–Trinajstić information content (AvgIpc) is 3.59. The first-order chi connectivity index (χ1) is 38.7. The molecule has 1 heterocycles. The van der Waals surface area contributed by atoms with Gasteiger partial charge in [-0.1, -0.05) is 316 Å². The van der Waals surface area contributed by atoms with Crippen LogP contribution in [-0.4, -0.2) is 13.4 Å². The summed E-state index contributed by atoms with van der Waals surface area (Å²) in [5, 5.41) is 5.04. The Labute approximate surface area is 483 Å². The lowest BCUT2D eigenvalue weighted by atomic mass is 9.36. The van der Waals surface area contributed by atoms with Crippen LogP contribution < -0.4 is 37.7 Å². The van der Waals surface area contributed by atoms with Crippen molar-refractivity contribution in [3.63, 3.8) is 0 Å². The fraction of sp³-hybridized carbons (Fsp3) is 0.205. The molecule has 1 aliphatic heterocycles. The maximum atomic E-state index is 2.49. The van der Waals surface area contributed by atoms with Crippen LogP contribution in [0.25, 0.3) is 54.9 Å². The van der Waals surface area contributed by atoms with Crippen LogP contribution in [0.3, 0.4) is 0 Å². The minimum Gasteiger partial charge on any atom is -0.309 e. The highest BCUT2D eigenvalue weighted by Crippen LogP contribution is 2.53. The summed E-state index contributed by atoms with van der Waals surface area (Å²) in [6.45, 7) is 27.7. The van der Waals surface area contributed by atoms with Crippen LogP contribution in [0.5, 0.6) is 0 Å². The third-order valence-corrected chi connectivity index (χ3v) is 17.3. The predicted octanol–water partition coefficient (Wildman–Crippen LogP) is 17.0. The Morgan fingerprint density at radius 1 is 0.272 bits per heavy atom. The lowest BCUT2D eigenvalue weighted by Crippen LogP contribution is -2.52. The number of hydrogen-bond donors (Lipinski definition) is 0. The van der Waals surface area contributed by atoms with Crippen molar-refractivity contribution in [3.8, 4) is 33.4 Å². The van der Waals surface area contributed by atoms with Crippen molar-refractivity contribution < 1.29 is 0 Å². The van der Waals surface area contributed by atoms with E-state index in [2.05, 4.69) is 325 Å². The summed E-state index contributed by atoms with van der Waals surface area (Å²) in [6, 6.07) is 90.4. The number of benzene rings is 11. The van der Waals surface area contributed by atoms with E-state index in [1.165, 1.54) is 121 Å². The Kier molecular flexibility index (Phi) is 13.5. The van der Waals surface area contributed by atoms with Gasteiger partial charge >= 0.3 is 0 Å². The molecule has 0 N–H and O–H groups in total. The molecule has 0 saturated carbocycles. The fourth-order valence-corrected chi connectivity index (χ4v) is 12.5. The molecule has 1 aliphatic rings. The van der Waals surface area contributed by atoms with Crippen LogP contribution in [-0.2, 0) is 21.7 Å². The van der Waals surface area contributed by atoms with Gasteiger partial charge in [0.2, 0.25) is 13.4 Å². The van der Waals surface area contributed by atoms with Crippen LogP contribution in [0.1, 0.15) is 105 Å². The van der Waals surface area contributed by atoms with Crippen LogP contribution in [0.15, 0.2) is 237 Å². The second kappa shape index (κ2) is 20.4. The monoisotopic (exact) mass is 1050 g/mol. The first kappa shape index (κ1) is 53.5. The van der Waals surface area contributed by atoms with Crippen LogP contribution >= 0.6 is 0 Å². The first-order valence-electron chi connectivity index (χ1n) is 29.3. The molecule has 0 bridgehead atoms. The van der Waals surface area contributed by atoms with E-state index >= 15 is 0 Å². The summed E-state index contributed by atoms with van der Waals surface area (Å²) in [5.74, 6) is 0. The second-order valence-electron chi connectivity index (χ2n) is 27.1. The molecule has 398 valence electrons. The molecule has 11 aromatic carbocycles. The van der Waals surface area contributed by atoms with Crippen molar-refractivity contribution in [1.82, 2.24) is 0 Å². The molecule has 3 heteroatoms. The van der Waals surface area contributed by atoms with Gasteiger partial charge in [-0.3, -0.25) is 0 Å². The van der Waals surface area contributed by atoms with E-state index in [9.17, 15) is 0 Å². The molecule has 0 aromatic heterocycles. The van der Waals surface area contributed by atoms with Gasteiger partial charge in [0.15, 0.2) is 0 Å². The maximum absolute atomic E-state index is 2.49. The van der Waals surface area contributed by atoms with E-state index < -0.39 is 0 Å². The van der Waals surface area contributed by atoms with Gasteiger partial charge in [-0.2, -0.15) is 0 Å². The molecule has 0 amide bonds. The molecule has 11 aromatic rings. The van der Waals surface area contributed by atoms with Crippen molar-refractivity contribution in [2.75, 3.05) is 4.90 Å². The molecule has 1 nitrogen and oxygen atoms in total. The van der Waals surface area contributed by atoms with Crippen LogP contribution in [0.4, 0.5) is 17.1 Å².